The minimum Gasteiger partial charge on any atom is -0.459 e. The molecule has 0 aromatic carbocycles. The van der Waals surface area contributed by atoms with Crippen LogP contribution in [0.3, 0.4) is 0 Å². The van der Waals surface area contributed by atoms with Crippen LogP contribution in [0.2, 0.25) is 0 Å². The van der Waals surface area contributed by atoms with Gasteiger partial charge in [0.2, 0.25) is 0 Å². The molecule has 0 amide bonds. The zero-order chi connectivity index (χ0) is 27.2. The van der Waals surface area contributed by atoms with Gasteiger partial charge in [0.15, 0.2) is 5.79 Å². The maximum absolute atomic E-state index is 12.0. The van der Waals surface area contributed by atoms with Gasteiger partial charge in [-0.1, -0.05) is 27.7 Å². The predicted octanol–water partition coefficient (Wildman–Crippen LogP) is 4.88. The van der Waals surface area contributed by atoms with Crippen molar-refractivity contribution in [2.75, 3.05) is 6.61 Å². The van der Waals surface area contributed by atoms with Crippen LogP contribution in [0, 0.1) is 52.3 Å². The van der Waals surface area contributed by atoms with Crippen molar-refractivity contribution in [2.45, 2.75) is 123 Å². The summed E-state index contributed by atoms with van der Waals surface area (Å²) in [6, 6.07) is 0. The largest absolute Gasteiger partial charge is 0.459 e. The first-order valence-electron chi connectivity index (χ1n) is 15.2. The van der Waals surface area contributed by atoms with Gasteiger partial charge in [-0.05, 0) is 91.3 Å². The van der Waals surface area contributed by atoms with Crippen molar-refractivity contribution < 1.29 is 33.6 Å². The maximum Gasteiger partial charge on any atom is 0.303 e. The molecule has 7 unspecified atom stereocenters. The Labute approximate surface area is 227 Å². The molecule has 6 aliphatic rings. The average molecular weight is 533 g/mol. The van der Waals surface area contributed by atoms with E-state index in [0.717, 1.165) is 38.7 Å². The molecule has 0 bridgehead atoms. The van der Waals surface area contributed by atoms with Crippen LogP contribution in [0.5, 0.6) is 0 Å². The number of carbonyl (C=O) groups excluding carboxylic acids is 2. The summed E-state index contributed by atoms with van der Waals surface area (Å²) >= 11 is 0. The highest BCUT2D eigenvalue weighted by atomic mass is 16.7. The average Bonchev–Trinajstić information content (AvgIpc) is 3.27. The van der Waals surface area contributed by atoms with Crippen molar-refractivity contribution in [3.8, 4) is 0 Å². The van der Waals surface area contributed by atoms with Gasteiger partial charge in [-0.25, -0.2) is 0 Å². The number of carbonyl (C=O) groups is 2. The van der Waals surface area contributed by atoms with Gasteiger partial charge >= 0.3 is 11.9 Å². The van der Waals surface area contributed by atoms with Crippen molar-refractivity contribution >= 4 is 11.9 Å². The monoisotopic (exact) mass is 532 g/mol. The number of aliphatic hydroxyl groups excluding tert-OH is 1. The first kappa shape index (κ1) is 27.0. The Morgan fingerprint density at radius 3 is 2.24 bits per heavy atom. The van der Waals surface area contributed by atoms with E-state index in [1.54, 1.807) is 0 Å². The van der Waals surface area contributed by atoms with Gasteiger partial charge in [-0.15, -0.1) is 0 Å². The fourth-order valence-electron chi connectivity index (χ4n) is 11.0. The summed E-state index contributed by atoms with van der Waals surface area (Å²) in [5.74, 6) is 1.72. The lowest BCUT2D eigenvalue weighted by Crippen LogP contribution is -2.61. The van der Waals surface area contributed by atoms with Crippen LogP contribution >= 0.6 is 0 Å². The molecule has 4 aliphatic carbocycles. The molecule has 2 heterocycles. The SMILES string of the molecule is CC(=O)O[C@@H]1CC2[C@H](O)CC3C4CC5O[C@]6(CCC(C)CO6)[C@@H](C)C5[C@@]4(C)CCC3[C@@]2(C)C[C@H]1OC(C)=O. The Bertz CT molecular complexity index is 958. The Morgan fingerprint density at radius 1 is 0.868 bits per heavy atom. The second-order valence-corrected chi connectivity index (χ2v) is 14.5. The summed E-state index contributed by atoms with van der Waals surface area (Å²) in [5.41, 5.74) is 0.00274. The fraction of sp³-hybridized carbons (Fsp3) is 0.935. The first-order valence-corrected chi connectivity index (χ1v) is 15.2. The van der Waals surface area contributed by atoms with Gasteiger partial charge in [-0.3, -0.25) is 9.59 Å². The van der Waals surface area contributed by atoms with E-state index in [1.807, 2.05) is 0 Å². The van der Waals surface area contributed by atoms with Crippen LogP contribution in [-0.2, 0) is 28.5 Å². The third-order valence-corrected chi connectivity index (χ3v) is 12.6. The number of hydrogen-bond donors (Lipinski definition) is 1. The molecule has 7 nitrogen and oxygen atoms in total. The Balaban J connectivity index is 1.26. The van der Waals surface area contributed by atoms with Gasteiger partial charge in [0.1, 0.15) is 12.2 Å². The van der Waals surface area contributed by atoms with Crippen molar-refractivity contribution in [3.05, 3.63) is 0 Å². The third kappa shape index (κ3) is 3.92. The Kier molecular flexibility index (Phi) is 6.52. The molecular formula is C31H48O7. The molecule has 2 aliphatic heterocycles. The topological polar surface area (TPSA) is 91.3 Å². The molecule has 4 saturated carbocycles. The second-order valence-electron chi connectivity index (χ2n) is 14.5. The number of rotatable bonds is 2. The molecule has 7 heteroatoms. The molecule has 0 radical (unpaired) electrons. The zero-order valence-electron chi connectivity index (χ0n) is 24.1. The summed E-state index contributed by atoms with van der Waals surface area (Å²) in [7, 11) is 0. The lowest BCUT2D eigenvalue weighted by atomic mass is 9.43. The van der Waals surface area contributed by atoms with Gasteiger partial charge in [0.05, 0.1) is 18.8 Å². The molecule has 6 fully saturated rings. The van der Waals surface area contributed by atoms with Crippen molar-refractivity contribution in [3.63, 3.8) is 0 Å². The van der Waals surface area contributed by atoms with Crippen LogP contribution in [-0.4, -0.2) is 53.9 Å². The molecular weight excluding hydrogens is 484 g/mol. The molecule has 6 rings (SSSR count). The van der Waals surface area contributed by atoms with Crippen molar-refractivity contribution in [1.29, 1.82) is 0 Å². The minimum absolute atomic E-state index is 0.0289. The van der Waals surface area contributed by atoms with E-state index in [4.69, 9.17) is 18.9 Å². The molecule has 1 spiro atoms. The number of aliphatic hydroxyl groups is 1. The maximum atomic E-state index is 12.0. The smallest absolute Gasteiger partial charge is 0.303 e. The van der Waals surface area contributed by atoms with Gasteiger partial charge in [-0.2, -0.15) is 0 Å². The number of hydrogen-bond acceptors (Lipinski definition) is 7. The predicted molar refractivity (Wildman–Crippen MR) is 140 cm³/mol. The quantitative estimate of drug-likeness (QED) is 0.507. The molecule has 14 atom stereocenters. The van der Waals surface area contributed by atoms with Crippen LogP contribution in [0.25, 0.3) is 0 Å². The molecule has 2 saturated heterocycles. The fourth-order valence-corrected chi connectivity index (χ4v) is 11.0. The van der Waals surface area contributed by atoms with Crippen molar-refractivity contribution in [2.24, 2.45) is 52.3 Å². The second kappa shape index (κ2) is 9.17. The van der Waals surface area contributed by atoms with Crippen molar-refractivity contribution in [1.82, 2.24) is 0 Å². The van der Waals surface area contributed by atoms with E-state index in [1.165, 1.54) is 20.3 Å². The molecule has 0 aromatic heterocycles. The Morgan fingerprint density at radius 2 is 1.58 bits per heavy atom. The van der Waals surface area contributed by atoms with Crippen LogP contribution in [0.1, 0.15) is 92.9 Å². The number of esters is 2. The van der Waals surface area contributed by atoms with Gasteiger partial charge in [0.25, 0.3) is 0 Å². The Hall–Kier alpha value is -1.18. The summed E-state index contributed by atoms with van der Waals surface area (Å²) < 4.78 is 24.7. The minimum atomic E-state index is -0.496. The van der Waals surface area contributed by atoms with Gasteiger partial charge in [0, 0.05) is 26.2 Å². The number of ether oxygens (including phenoxy) is 4. The van der Waals surface area contributed by atoms with E-state index in [9.17, 15) is 14.7 Å². The molecule has 1 N–H and O–H groups in total. The molecule has 214 valence electrons. The molecule has 38 heavy (non-hydrogen) atoms. The van der Waals surface area contributed by atoms with Crippen LogP contribution in [0.4, 0.5) is 0 Å². The van der Waals surface area contributed by atoms with Gasteiger partial charge < -0.3 is 24.1 Å². The van der Waals surface area contributed by atoms with E-state index in [-0.39, 0.29) is 34.8 Å². The highest BCUT2D eigenvalue weighted by molar-refractivity contribution is 5.67. The highest BCUT2D eigenvalue weighted by Crippen LogP contribution is 2.71. The normalized spacial score (nSPS) is 55.4. The van der Waals surface area contributed by atoms with E-state index in [2.05, 4.69) is 27.7 Å². The van der Waals surface area contributed by atoms with E-state index in [0.29, 0.717) is 48.3 Å². The standard InChI is InChI=1S/C31H48O7/c1-16-7-10-31(35-15-16)17(2)28-26(38-31)12-22-20-11-24(34)23-13-25(36-18(3)32)27(37-19(4)33)14-30(23,6)21(20)8-9-29(22,28)5/h16-17,20-28,34H,7-15H2,1-6H3/t16?,17-,20?,21?,22?,23?,24+,25+,26?,27+,28?,29-,30+,31+/m0/s1. The van der Waals surface area contributed by atoms with Crippen LogP contribution < -0.4 is 0 Å². The van der Waals surface area contributed by atoms with E-state index >= 15 is 0 Å². The third-order valence-electron chi connectivity index (χ3n) is 12.6. The zero-order valence-corrected chi connectivity index (χ0v) is 24.1. The summed E-state index contributed by atoms with van der Waals surface area (Å²) in [4.78, 5) is 23.9. The summed E-state index contributed by atoms with van der Waals surface area (Å²) in [5, 5.41) is 11.6. The molecule has 0 aromatic rings. The summed E-state index contributed by atoms with van der Waals surface area (Å²) in [6.07, 6.45) is 6.26. The van der Waals surface area contributed by atoms with E-state index < -0.39 is 24.1 Å². The summed E-state index contributed by atoms with van der Waals surface area (Å²) in [6.45, 7) is 13.1. The van der Waals surface area contributed by atoms with Crippen LogP contribution in [0.15, 0.2) is 0 Å². The lowest BCUT2D eigenvalue weighted by Gasteiger charge is -2.63. The highest BCUT2D eigenvalue weighted by Gasteiger charge is 2.70. The first-order chi connectivity index (χ1) is 17.9. The lowest BCUT2D eigenvalue weighted by molar-refractivity contribution is -0.274. The number of fused-ring (bicyclic) bond motifs is 7.